The molecule has 1 atom stereocenters. The van der Waals surface area contributed by atoms with Crippen molar-refractivity contribution in [1.82, 2.24) is 14.9 Å². The number of carbonyl (C=O) groups excluding carboxylic acids is 1. The summed E-state index contributed by atoms with van der Waals surface area (Å²) in [5.74, 6) is 1.08. The van der Waals surface area contributed by atoms with E-state index in [4.69, 9.17) is 9.72 Å². The Morgan fingerprint density at radius 2 is 2.11 bits per heavy atom. The molecular weight excluding hydrogens is 350 g/mol. The van der Waals surface area contributed by atoms with Gasteiger partial charge in [0, 0.05) is 37.7 Å². The van der Waals surface area contributed by atoms with E-state index < -0.39 is 0 Å². The molecular formula is C23H29N3O2. The zero-order valence-corrected chi connectivity index (χ0v) is 16.7. The molecule has 0 bridgehead atoms. The molecule has 1 fully saturated rings. The Morgan fingerprint density at radius 1 is 1.25 bits per heavy atom. The molecule has 1 amide bonds. The minimum absolute atomic E-state index is 0.0424. The van der Waals surface area contributed by atoms with Crippen molar-refractivity contribution in [2.24, 2.45) is 0 Å². The number of aromatic nitrogens is 2. The second kappa shape index (κ2) is 8.39. The van der Waals surface area contributed by atoms with Crippen LogP contribution in [0.15, 0.2) is 36.5 Å². The number of fused-ring (bicyclic) bond motifs is 2. The summed E-state index contributed by atoms with van der Waals surface area (Å²) in [6.07, 6.45) is 7.61. The highest BCUT2D eigenvalue weighted by atomic mass is 16.5. The molecule has 5 heteroatoms. The van der Waals surface area contributed by atoms with Crippen molar-refractivity contribution in [3.63, 3.8) is 0 Å². The highest BCUT2D eigenvalue weighted by molar-refractivity contribution is 5.76. The first-order valence-corrected chi connectivity index (χ1v) is 10.4. The maximum absolute atomic E-state index is 12.8. The van der Waals surface area contributed by atoms with E-state index in [2.05, 4.69) is 22.0 Å². The Bertz CT molecular complexity index is 820. The molecule has 1 spiro atoms. The number of ether oxygens (including phenoxy) is 1. The molecule has 1 aliphatic carbocycles. The summed E-state index contributed by atoms with van der Waals surface area (Å²) in [5.41, 5.74) is 3.68. The van der Waals surface area contributed by atoms with Crippen molar-refractivity contribution >= 4 is 5.91 Å². The third-order valence-electron chi connectivity index (χ3n) is 6.08. The van der Waals surface area contributed by atoms with Crippen LogP contribution >= 0.6 is 0 Å². The summed E-state index contributed by atoms with van der Waals surface area (Å²) >= 11 is 0. The molecule has 1 aromatic carbocycles. The van der Waals surface area contributed by atoms with Gasteiger partial charge in [-0.05, 0) is 50.2 Å². The zero-order chi connectivity index (χ0) is 19.4. The summed E-state index contributed by atoms with van der Waals surface area (Å²) in [6.45, 7) is 4.85. The summed E-state index contributed by atoms with van der Waals surface area (Å²) in [4.78, 5) is 24.0. The van der Waals surface area contributed by atoms with Gasteiger partial charge in [0.2, 0.25) is 5.91 Å². The monoisotopic (exact) mass is 379 g/mol. The van der Waals surface area contributed by atoms with Gasteiger partial charge in [0.1, 0.15) is 5.82 Å². The van der Waals surface area contributed by atoms with E-state index in [0.717, 1.165) is 51.0 Å². The van der Waals surface area contributed by atoms with E-state index in [0.29, 0.717) is 19.6 Å². The van der Waals surface area contributed by atoms with Crippen LogP contribution in [0.4, 0.5) is 0 Å². The second-order valence-corrected chi connectivity index (χ2v) is 8.13. The Labute approximate surface area is 167 Å². The average molecular weight is 380 g/mol. The molecule has 1 unspecified atom stereocenters. The fourth-order valence-electron chi connectivity index (χ4n) is 4.62. The number of piperidine rings is 1. The van der Waals surface area contributed by atoms with Gasteiger partial charge in [0.15, 0.2) is 0 Å². The second-order valence-electron chi connectivity index (χ2n) is 8.13. The number of hydrogen-bond acceptors (Lipinski definition) is 4. The van der Waals surface area contributed by atoms with Gasteiger partial charge in [-0.25, -0.2) is 9.97 Å². The Morgan fingerprint density at radius 3 is 2.96 bits per heavy atom. The Hall–Kier alpha value is -2.27. The molecule has 28 heavy (non-hydrogen) atoms. The minimum atomic E-state index is 0.0424. The quantitative estimate of drug-likeness (QED) is 0.720. The molecule has 0 radical (unpaired) electrons. The number of rotatable bonds is 6. The van der Waals surface area contributed by atoms with Crippen LogP contribution in [0.3, 0.4) is 0 Å². The lowest BCUT2D eigenvalue weighted by molar-refractivity contribution is -0.133. The summed E-state index contributed by atoms with van der Waals surface area (Å²) in [6, 6.07) is 10.2. The number of nitrogens with zero attached hydrogens (tertiary/aromatic N) is 3. The first kappa shape index (κ1) is 19.1. The summed E-state index contributed by atoms with van der Waals surface area (Å²) < 4.78 is 5.72. The predicted octanol–water partition coefficient (Wildman–Crippen LogP) is 3.59. The van der Waals surface area contributed by atoms with E-state index in [1.165, 1.54) is 16.8 Å². The Balaban J connectivity index is 1.28. The molecule has 0 N–H and O–H groups in total. The van der Waals surface area contributed by atoms with E-state index in [-0.39, 0.29) is 11.3 Å². The van der Waals surface area contributed by atoms with Crippen LogP contribution in [0.5, 0.6) is 0 Å². The highest BCUT2D eigenvalue weighted by Gasteiger charge is 2.44. The molecule has 0 saturated carbocycles. The fourth-order valence-corrected chi connectivity index (χ4v) is 4.62. The predicted molar refractivity (Wildman–Crippen MR) is 108 cm³/mol. The van der Waals surface area contributed by atoms with Crippen molar-refractivity contribution in [3.05, 3.63) is 59.2 Å². The van der Waals surface area contributed by atoms with E-state index in [1.54, 1.807) is 0 Å². The summed E-state index contributed by atoms with van der Waals surface area (Å²) in [7, 11) is 0. The van der Waals surface area contributed by atoms with E-state index >= 15 is 0 Å². The van der Waals surface area contributed by atoms with Crippen molar-refractivity contribution < 1.29 is 9.53 Å². The fraction of sp³-hybridized carbons (Fsp3) is 0.522. The third-order valence-corrected chi connectivity index (χ3v) is 6.08. The van der Waals surface area contributed by atoms with Crippen molar-refractivity contribution in [3.8, 4) is 0 Å². The zero-order valence-electron chi connectivity index (χ0n) is 16.7. The van der Waals surface area contributed by atoms with Crippen LogP contribution in [0.25, 0.3) is 0 Å². The first-order valence-electron chi connectivity index (χ1n) is 10.4. The number of likely N-dealkylation sites (tertiary alicyclic amines) is 1. The average Bonchev–Trinajstić information content (AvgIpc) is 3.05. The molecule has 1 aromatic heterocycles. The van der Waals surface area contributed by atoms with Crippen LogP contribution in [0.2, 0.25) is 0 Å². The smallest absolute Gasteiger partial charge is 0.222 e. The van der Waals surface area contributed by atoms with Gasteiger partial charge in [-0.15, -0.1) is 0 Å². The van der Waals surface area contributed by atoms with Gasteiger partial charge in [-0.2, -0.15) is 0 Å². The highest BCUT2D eigenvalue weighted by Crippen LogP contribution is 2.43. The largest absolute Gasteiger partial charge is 0.377 e. The first-order chi connectivity index (χ1) is 13.7. The van der Waals surface area contributed by atoms with Crippen molar-refractivity contribution in [1.29, 1.82) is 0 Å². The normalized spacial score (nSPS) is 21.1. The standard InChI is InChI=1S/C23H29N3O2/c1-18-24-15-20-10-12-23(22(20)25-18)11-6-13-26(17-23)21(27)9-5-14-28-16-19-7-3-2-4-8-19/h2-4,7-8,15H,5-6,9-14,16-17H2,1H3. The van der Waals surface area contributed by atoms with Gasteiger partial charge >= 0.3 is 0 Å². The molecule has 1 aliphatic heterocycles. The van der Waals surface area contributed by atoms with Crippen LogP contribution in [-0.2, 0) is 28.0 Å². The van der Waals surface area contributed by atoms with Gasteiger partial charge in [0.25, 0.3) is 0 Å². The van der Waals surface area contributed by atoms with Crippen molar-refractivity contribution in [2.75, 3.05) is 19.7 Å². The molecule has 5 nitrogen and oxygen atoms in total. The Kier molecular flexibility index (Phi) is 5.72. The van der Waals surface area contributed by atoms with Crippen LogP contribution < -0.4 is 0 Å². The van der Waals surface area contributed by atoms with Crippen LogP contribution in [-0.4, -0.2) is 40.5 Å². The molecule has 2 aliphatic rings. The van der Waals surface area contributed by atoms with E-state index in [1.807, 2.05) is 31.3 Å². The lowest BCUT2D eigenvalue weighted by Gasteiger charge is -2.40. The number of hydrogen-bond donors (Lipinski definition) is 0. The van der Waals surface area contributed by atoms with E-state index in [9.17, 15) is 4.79 Å². The lowest BCUT2D eigenvalue weighted by atomic mass is 9.77. The lowest BCUT2D eigenvalue weighted by Crippen LogP contribution is -2.48. The van der Waals surface area contributed by atoms with Crippen molar-refractivity contribution in [2.45, 2.75) is 57.5 Å². The molecule has 2 aromatic rings. The number of benzene rings is 1. The molecule has 4 rings (SSSR count). The number of carbonyl (C=O) groups is 1. The van der Waals surface area contributed by atoms with Crippen LogP contribution in [0, 0.1) is 6.92 Å². The summed E-state index contributed by atoms with van der Waals surface area (Å²) in [5, 5.41) is 0. The SMILES string of the molecule is Cc1ncc2c(n1)C1(CCCN(C(=O)CCCOCc3ccccc3)C1)CC2. The molecule has 148 valence electrons. The minimum Gasteiger partial charge on any atom is -0.377 e. The molecule has 2 heterocycles. The number of aryl methyl sites for hydroxylation is 2. The van der Waals surface area contributed by atoms with Gasteiger partial charge in [0.05, 0.1) is 12.3 Å². The topological polar surface area (TPSA) is 55.3 Å². The van der Waals surface area contributed by atoms with Gasteiger partial charge in [-0.3, -0.25) is 4.79 Å². The maximum atomic E-state index is 12.8. The van der Waals surface area contributed by atoms with Crippen LogP contribution in [0.1, 0.15) is 54.7 Å². The molecule has 1 saturated heterocycles. The maximum Gasteiger partial charge on any atom is 0.222 e. The van der Waals surface area contributed by atoms with Gasteiger partial charge in [-0.1, -0.05) is 30.3 Å². The van der Waals surface area contributed by atoms with Gasteiger partial charge < -0.3 is 9.64 Å². The third kappa shape index (κ3) is 4.09. The number of amides is 1.